The Hall–Kier alpha value is -2.02. The van der Waals surface area contributed by atoms with E-state index >= 15 is 0 Å². The number of hydrogen-bond acceptors (Lipinski definition) is 5. The predicted octanol–water partition coefficient (Wildman–Crippen LogP) is 1.75. The summed E-state index contributed by atoms with van der Waals surface area (Å²) < 4.78 is 0. The van der Waals surface area contributed by atoms with Crippen molar-refractivity contribution in [2.24, 2.45) is 5.92 Å². The van der Waals surface area contributed by atoms with Gasteiger partial charge < -0.3 is 5.11 Å². The van der Waals surface area contributed by atoms with E-state index in [2.05, 4.69) is 9.97 Å². The molecular formula is C13H13N3O3S. The molecule has 1 aliphatic rings. The third kappa shape index (κ3) is 1.85. The number of nitrogens with zero attached hydrogens (tertiary/aromatic N) is 3. The molecule has 0 saturated carbocycles. The Kier molecular flexibility index (Phi) is 2.93. The van der Waals surface area contributed by atoms with Gasteiger partial charge >= 0.3 is 5.97 Å². The van der Waals surface area contributed by atoms with Crippen molar-refractivity contribution in [3.63, 3.8) is 0 Å². The third-order valence-electron chi connectivity index (χ3n) is 3.68. The van der Waals surface area contributed by atoms with Gasteiger partial charge in [0.2, 0.25) is 5.91 Å². The van der Waals surface area contributed by atoms with Crippen LogP contribution in [0.15, 0.2) is 6.33 Å². The molecule has 6 nitrogen and oxygen atoms in total. The van der Waals surface area contributed by atoms with Gasteiger partial charge in [-0.15, -0.1) is 11.3 Å². The Bertz CT molecular complexity index is 725. The summed E-state index contributed by atoms with van der Waals surface area (Å²) in [6, 6.07) is 0. The number of carbonyl (C=O) groups excluding carboxylic acids is 1. The highest BCUT2D eigenvalue weighted by atomic mass is 32.1. The fourth-order valence-electron chi connectivity index (χ4n) is 2.45. The average molecular weight is 291 g/mol. The number of aromatic nitrogens is 2. The van der Waals surface area contributed by atoms with E-state index in [4.69, 9.17) is 5.11 Å². The van der Waals surface area contributed by atoms with Gasteiger partial charge in [0.25, 0.3) is 0 Å². The summed E-state index contributed by atoms with van der Waals surface area (Å²) in [6.45, 7) is 4.14. The van der Waals surface area contributed by atoms with Crippen molar-refractivity contribution in [3.05, 3.63) is 16.8 Å². The van der Waals surface area contributed by atoms with Crippen LogP contribution in [0, 0.1) is 19.8 Å². The van der Waals surface area contributed by atoms with Crippen molar-refractivity contribution in [2.75, 3.05) is 11.4 Å². The standard InChI is InChI=1S/C13H13N3O3S/c1-6-7(2)20-12-10(6)11(14-5-15-12)16-4-8(13(18)19)3-9(16)17/h5,8H,3-4H2,1-2H3,(H,18,19). The molecule has 104 valence electrons. The van der Waals surface area contributed by atoms with Crippen molar-refractivity contribution in [3.8, 4) is 0 Å². The van der Waals surface area contributed by atoms with Gasteiger partial charge in [-0.05, 0) is 19.4 Å². The molecule has 1 unspecified atom stereocenters. The Morgan fingerprint density at radius 1 is 1.45 bits per heavy atom. The van der Waals surface area contributed by atoms with Crippen LogP contribution in [0.2, 0.25) is 0 Å². The number of fused-ring (bicyclic) bond motifs is 1. The quantitative estimate of drug-likeness (QED) is 0.911. The maximum Gasteiger partial charge on any atom is 0.308 e. The molecule has 0 aliphatic carbocycles. The van der Waals surface area contributed by atoms with Crippen LogP contribution in [0.5, 0.6) is 0 Å². The first-order valence-electron chi connectivity index (χ1n) is 6.23. The minimum Gasteiger partial charge on any atom is -0.481 e. The first-order valence-corrected chi connectivity index (χ1v) is 7.04. The number of carboxylic acids is 1. The molecule has 1 atom stereocenters. The highest BCUT2D eigenvalue weighted by Gasteiger charge is 2.36. The number of aryl methyl sites for hydroxylation is 2. The normalized spacial score (nSPS) is 19.0. The lowest BCUT2D eigenvalue weighted by Gasteiger charge is -2.16. The first kappa shape index (κ1) is 13.0. The zero-order valence-corrected chi connectivity index (χ0v) is 11.9. The van der Waals surface area contributed by atoms with Crippen molar-refractivity contribution in [2.45, 2.75) is 20.3 Å². The van der Waals surface area contributed by atoms with Crippen LogP contribution in [-0.4, -0.2) is 33.5 Å². The minimum absolute atomic E-state index is 0.0308. The summed E-state index contributed by atoms with van der Waals surface area (Å²) in [5, 5.41) is 9.91. The lowest BCUT2D eigenvalue weighted by atomic mass is 10.1. The lowest BCUT2D eigenvalue weighted by Crippen LogP contribution is -2.27. The molecule has 3 rings (SSSR count). The third-order valence-corrected chi connectivity index (χ3v) is 4.79. The summed E-state index contributed by atoms with van der Waals surface area (Å²) in [7, 11) is 0. The molecule has 1 fully saturated rings. The van der Waals surface area contributed by atoms with E-state index < -0.39 is 11.9 Å². The molecule has 1 saturated heterocycles. The highest BCUT2D eigenvalue weighted by Crippen LogP contribution is 2.36. The second-order valence-corrected chi connectivity index (χ2v) is 6.11. The molecule has 3 heterocycles. The zero-order valence-electron chi connectivity index (χ0n) is 11.1. The molecule has 20 heavy (non-hydrogen) atoms. The summed E-state index contributed by atoms with van der Waals surface area (Å²) in [5.41, 5.74) is 1.05. The number of carbonyl (C=O) groups is 2. The predicted molar refractivity (Wildman–Crippen MR) is 75.0 cm³/mol. The molecule has 2 aromatic heterocycles. The Labute approximate surface area is 119 Å². The number of amides is 1. The molecule has 1 aliphatic heterocycles. The molecular weight excluding hydrogens is 278 g/mol. The van der Waals surface area contributed by atoms with Gasteiger partial charge in [-0.1, -0.05) is 0 Å². The smallest absolute Gasteiger partial charge is 0.308 e. The monoisotopic (exact) mass is 291 g/mol. The van der Waals surface area contributed by atoms with Crippen LogP contribution in [0.1, 0.15) is 16.9 Å². The van der Waals surface area contributed by atoms with Crippen molar-refractivity contribution >= 4 is 39.2 Å². The van der Waals surface area contributed by atoms with E-state index in [0.29, 0.717) is 5.82 Å². The topological polar surface area (TPSA) is 83.4 Å². The molecule has 0 bridgehead atoms. The van der Waals surface area contributed by atoms with Crippen LogP contribution in [-0.2, 0) is 9.59 Å². The SMILES string of the molecule is Cc1sc2ncnc(N3CC(C(=O)O)CC3=O)c2c1C. The maximum absolute atomic E-state index is 12.1. The molecule has 0 aromatic carbocycles. The second kappa shape index (κ2) is 4.52. The Morgan fingerprint density at radius 3 is 2.85 bits per heavy atom. The van der Waals surface area contributed by atoms with E-state index in [1.54, 1.807) is 11.3 Å². The Balaban J connectivity index is 2.11. The van der Waals surface area contributed by atoms with Crippen molar-refractivity contribution in [1.29, 1.82) is 0 Å². The van der Waals surface area contributed by atoms with Gasteiger partial charge in [0.15, 0.2) is 0 Å². The molecule has 1 amide bonds. The van der Waals surface area contributed by atoms with Gasteiger partial charge in [-0.3, -0.25) is 14.5 Å². The second-order valence-electron chi connectivity index (χ2n) is 4.90. The maximum atomic E-state index is 12.1. The number of rotatable bonds is 2. The first-order chi connectivity index (χ1) is 9.49. The van der Waals surface area contributed by atoms with Crippen LogP contribution in [0.4, 0.5) is 5.82 Å². The summed E-state index contributed by atoms with van der Waals surface area (Å²) in [5.74, 6) is -1.26. The summed E-state index contributed by atoms with van der Waals surface area (Å²) >= 11 is 1.55. The number of carboxylic acid groups (broad SMARTS) is 1. The van der Waals surface area contributed by atoms with Gasteiger partial charge in [0, 0.05) is 17.8 Å². The van der Waals surface area contributed by atoms with Crippen molar-refractivity contribution in [1.82, 2.24) is 9.97 Å². The average Bonchev–Trinajstić information content (AvgIpc) is 2.92. The van der Waals surface area contributed by atoms with E-state index in [-0.39, 0.29) is 18.9 Å². The minimum atomic E-state index is -0.940. The number of aliphatic carboxylic acids is 1. The number of anilines is 1. The molecule has 2 aromatic rings. The van der Waals surface area contributed by atoms with Crippen molar-refractivity contribution < 1.29 is 14.7 Å². The molecule has 7 heteroatoms. The number of hydrogen-bond donors (Lipinski definition) is 1. The summed E-state index contributed by atoms with van der Waals surface area (Å²) in [4.78, 5) is 35.0. The highest BCUT2D eigenvalue weighted by molar-refractivity contribution is 7.18. The van der Waals surface area contributed by atoms with Gasteiger partial charge in [0.05, 0.1) is 11.3 Å². The zero-order chi connectivity index (χ0) is 14.4. The fourth-order valence-corrected chi connectivity index (χ4v) is 3.44. The van der Waals surface area contributed by atoms with Gasteiger partial charge in [-0.2, -0.15) is 0 Å². The molecule has 0 spiro atoms. The van der Waals surface area contributed by atoms with E-state index in [9.17, 15) is 9.59 Å². The lowest BCUT2D eigenvalue weighted by molar-refractivity contribution is -0.141. The van der Waals surface area contributed by atoms with Crippen LogP contribution in [0.25, 0.3) is 10.2 Å². The van der Waals surface area contributed by atoms with Crippen LogP contribution >= 0.6 is 11.3 Å². The fraction of sp³-hybridized carbons (Fsp3) is 0.385. The van der Waals surface area contributed by atoms with Crippen LogP contribution in [0.3, 0.4) is 0 Å². The largest absolute Gasteiger partial charge is 0.481 e. The van der Waals surface area contributed by atoms with Crippen LogP contribution < -0.4 is 4.90 Å². The van der Waals surface area contributed by atoms with Gasteiger partial charge in [-0.25, -0.2) is 9.97 Å². The van der Waals surface area contributed by atoms with E-state index in [0.717, 1.165) is 20.7 Å². The summed E-state index contributed by atoms with van der Waals surface area (Å²) in [6.07, 6.45) is 1.46. The number of thiophene rings is 1. The Morgan fingerprint density at radius 2 is 2.20 bits per heavy atom. The molecule has 1 N–H and O–H groups in total. The van der Waals surface area contributed by atoms with E-state index in [1.165, 1.54) is 11.2 Å². The van der Waals surface area contributed by atoms with E-state index in [1.807, 2.05) is 13.8 Å². The van der Waals surface area contributed by atoms with Gasteiger partial charge in [0.1, 0.15) is 17.0 Å². The molecule has 0 radical (unpaired) electrons.